The second kappa shape index (κ2) is 6.94. The van der Waals surface area contributed by atoms with E-state index in [4.69, 9.17) is 11.6 Å². The van der Waals surface area contributed by atoms with E-state index in [1.807, 2.05) is 18.2 Å². The first kappa shape index (κ1) is 17.0. The Hall–Kier alpha value is -2.87. The van der Waals surface area contributed by atoms with Crippen molar-refractivity contribution >= 4 is 35.1 Å². The fourth-order valence-electron chi connectivity index (χ4n) is 2.47. The summed E-state index contributed by atoms with van der Waals surface area (Å²) in [5.41, 5.74) is 1.44. The van der Waals surface area contributed by atoms with Crippen molar-refractivity contribution in [2.45, 2.75) is 26.4 Å². The molecule has 0 saturated heterocycles. The number of nitrogens with one attached hydrogen (secondary N) is 1. The molecule has 0 saturated carbocycles. The summed E-state index contributed by atoms with van der Waals surface area (Å²) in [6.07, 6.45) is 2.11. The van der Waals surface area contributed by atoms with E-state index >= 15 is 0 Å². The van der Waals surface area contributed by atoms with E-state index in [1.165, 1.54) is 0 Å². The normalized spacial score (nSPS) is 11.0. The van der Waals surface area contributed by atoms with Crippen LogP contribution in [0.3, 0.4) is 0 Å². The minimum atomic E-state index is -1.09. The molecule has 0 aliphatic heterocycles. The Labute approximate surface area is 149 Å². The van der Waals surface area contributed by atoms with Gasteiger partial charge in [0, 0.05) is 30.0 Å². The SMILES string of the molecule is CC(C)N(C(=O)O)c1nnc2c(NCc3cccc(Cl)c3)nccn12. The van der Waals surface area contributed by atoms with Crippen LogP contribution in [-0.4, -0.2) is 36.8 Å². The van der Waals surface area contributed by atoms with Gasteiger partial charge in [-0.05, 0) is 31.5 Å². The van der Waals surface area contributed by atoms with Gasteiger partial charge in [-0.2, -0.15) is 0 Å². The van der Waals surface area contributed by atoms with Gasteiger partial charge in [-0.3, -0.25) is 4.40 Å². The molecule has 25 heavy (non-hydrogen) atoms. The summed E-state index contributed by atoms with van der Waals surface area (Å²) in [7, 11) is 0. The maximum absolute atomic E-state index is 11.5. The Bertz CT molecular complexity index is 911. The van der Waals surface area contributed by atoms with Gasteiger partial charge in [0.25, 0.3) is 0 Å². The second-order valence-electron chi connectivity index (χ2n) is 5.70. The molecule has 0 fully saturated rings. The molecule has 0 aliphatic carbocycles. The highest BCUT2D eigenvalue weighted by Crippen LogP contribution is 2.21. The number of fused-ring (bicyclic) bond motifs is 1. The predicted octanol–water partition coefficient (Wildman–Crippen LogP) is 3.28. The molecular formula is C16H17ClN6O2. The summed E-state index contributed by atoms with van der Waals surface area (Å²) in [5.74, 6) is 0.737. The van der Waals surface area contributed by atoms with Gasteiger partial charge in [0.05, 0.1) is 0 Å². The smallest absolute Gasteiger partial charge is 0.414 e. The van der Waals surface area contributed by atoms with Crippen molar-refractivity contribution in [1.82, 2.24) is 19.6 Å². The lowest BCUT2D eigenvalue weighted by Gasteiger charge is -2.20. The number of halogens is 1. The van der Waals surface area contributed by atoms with E-state index in [0.717, 1.165) is 10.5 Å². The number of nitrogens with zero attached hydrogens (tertiary/aromatic N) is 5. The predicted molar refractivity (Wildman–Crippen MR) is 95.2 cm³/mol. The van der Waals surface area contributed by atoms with Crippen LogP contribution in [0.15, 0.2) is 36.7 Å². The Balaban J connectivity index is 1.92. The van der Waals surface area contributed by atoms with E-state index in [9.17, 15) is 9.90 Å². The molecule has 3 aromatic rings. The number of carboxylic acid groups (broad SMARTS) is 1. The highest BCUT2D eigenvalue weighted by Gasteiger charge is 2.24. The van der Waals surface area contributed by atoms with Gasteiger partial charge < -0.3 is 10.4 Å². The Morgan fingerprint density at radius 1 is 1.40 bits per heavy atom. The van der Waals surface area contributed by atoms with Gasteiger partial charge in [-0.15, -0.1) is 10.2 Å². The quantitative estimate of drug-likeness (QED) is 0.724. The minimum absolute atomic E-state index is 0.228. The highest BCUT2D eigenvalue weighted by molar-refractivity contribution is 6.30. The molecule has 0 unspecified atom stereocenters. The topological polar surface area (TPSA) is 95.7 Å². The van der Waals surface area contributed by atoms with E-state index < -0.39 is 6.09 Å². The van der Waals surface area contributed by atoms with Gasteiger partial charge in [-0.1, -0.05) is 23.7 Å². The number of benzene rings is 1. The van der Waals surface area contributed by atoms with Crippen molar-refractivity contribution in [3.8, 4) is 0 Å². The third-order valence-electron chi connectivity index (χ3n) is 3.60. The number of carbonyl (C=O) groups is 1. The van der Waals surface area contributed by atoms with Crippen LogP contribution in [0.2, 0.25) is 5.02 Å². The summed E-state index contributed by atoms with van der Waals surface area (Å²) in [6, 6.07) is 7.20. The zero-order valence-electron chi connectivity index (χ0n) is 13.7. The molecule has 0 bridgehead atoms. The van der Waals surface area contributed by atoms with Crippen LogP contribution in [0, 0.1) is 0 Å². The van der Waals surface area contributed by atoms with Gasteiger partial charge >= 0.3 is 6.09 Å². The zero-order chi connectivity index (χ0) is 18.0. The van der Waals surface area contributed by atoms with Gasteiger partial charge in [0.2, 0.25) is 11.6 Å². The van der Waals surface area contributed by atoms with E-state index in [-0.39, 0.29) is 12.0 Å². The van der Waals surface area contributed by atoms with E-state index in [0.29, 0.717) is 23.0 Å². The van der Waals surface area contributed by atoms with E-state index in [2.05, 4.69) is 20.5 Å². The number of rotatable bonds is 5. The Morgan fingerprint density at radius 3 is 2.88 bits per heavy atom. The second-order valence-corrected chi connectivity index (χ2v) is 6.14. The van der Waals surface area contributed by atoms with Gasteiger partial charge in [-0.25, -0.2) is 14.7 Å². The van der Waals surface area contributed by atoms with Crippen LogP contribution in [0.1, 0.15) is 19.4 Å². The first-order chi connectivity index (χ1) is 12.0. The van der Waals surface area contributed by atoms with Crippen molar-refractivity contribution in [3.05, 3.63) is 47.2 Å². The molecule has 0 spiro atoms. The van der Waals surface area contributed by atoms with E-state index in [1.54, 1.807) is 36.7 Å². The molecule has 2 aromatic heterocycles. The fraction of sp³-hybridized carbons (Fsp3) is 0.250. The molecule has 0 radical (unpaired) electrons. The molecule has 2 N–H and O–H groups in total. The molecule has 1 aromatic carbocycles. The monoisotopic (exact) mass is 360 g/mol. The first-order valence-electron chi connectivity index (χ1n) is 7.67. The Kier molecular flexibility index (Phi) is 4.71. The standard InChI is InChI=1S/C16H17ClN6O2/c1-10(2)23(16(24)25)15-21-20-14-13(18-6-7-22(14)15)19-9-11-4-3-5-12(17)8-11/h3-8,10H,9H2,1-2H3,(H,18,19)(H,24,25). The molecule has 8 nitrogen and oxygen atoms in total. The lowest BCUT2D eigenvalue weighted by Crippen LogP contribution is -2.37. The van der Waals surface area contributed by atoms with Crippen LogP contribution < -0.4 is 10.2 Å². The summed E-state index contributed by atoms with van der Waals surface area (Å²) in [4.78, 5) is 16.9. The van der Waals surface area contributed by atoms with Crippen LogP contribution in [0.25, 0.3) is 5.65 Å². The summed E-state index contributed by atoms with van der Waals surface area (Å²) in [5, 5.41) is 21.4. The average molecular weight is 361 g/mol. The summed E-state index contributed by atoms with van der Waals surface area (Å²) >= 11 is 5.99. The van der Waals surface area contributed by atoms with Crippen LogP contribution >= 0.6 is 11.6 Å². The third-order valence-corrected chi connectivity index (χ3v) is 3.83. The molecular weight excluding hydrogens is 344 g/mol. The van der Waals surface area contributed by atoms with Crippen molar-refractivity contribution in [2.24, 2.45) is 0 Å². The maximum atomic E-state index is 11.5. The fourth-order valence-corrected chi connectivity index (χ4v) is 2.69. The first-order valence-corrected chi connectivity index (χ1v) is 8.05. The molecule has 0 aliphatic rings. The molecule has 1 amide bonds. The third kappa shape index (κ3) is 3.48. The number of hydrogen-bond acceptors (Lipinski definition) is 5. The zero-order valence-corrected chi connectivity index (χ0v) is 14.5. The molecule has 9 heteroatoms. The van der Waals surface area contributed by atoms with Crippen LogP contribution in [-0.2, 0) is 6.54 Å². The van der Waals surface area contributed by atoms with Crippen molar-refractivity contribution in [1.29, 1.82) is 0 Å². The van der Waals surface area contributed by atoms with Gasteiger partial charge in [0.15, 0.2) is 5.82 Å². The van der Waals surface area contributed by atoms with Crippen LogP contribution in [0.5, 0.6) is 0 Å². The van der Waals surface area contributed by atoms with Gasteiger partial charge in [0.1, 0.15) is 0 Å². The Morgan fingerprint density at radius 2 is 2.20 bits per heavy atom. The summed E-state index contributed by atoms with van der Waals surface area (Å²) < 4.78 is 1.60. The maximum Gasteiger partial charge on any atom is 0.414 e. The molecule has 2 heterocycles. The average Bonchev–Trinajstić information content (AvgIpc) is 2.97. The minimum Gasteiger partial charge on any atom is -0.465 e. The number of hydrogen-bond donors (Lipinski definition) is 2. The van der Waals surface area contributed by atoms with Crippen molar-refractivity contribution in [2.75, 3.05) is 10.2 Å². The number of anilines is 2. The molecule has 0 atom stereocenters. The number of amides is 1. The lowest BCUT2D eigenvalue weighted by atomic mass is 10.2. The highest BCUT2D eigenvalue weighted by atomic mass is 35.5. The largest absolute Gasteiger partial charge is 0.465 e. The van der Waals surface area contributed by atoms with Crippen LogP contribution in [0.4, 0.5) is 16.6 Å². The molecule has 3 rings (SSSR count). The lowest BCUT2D eigenvalue weighted by molar-refractivity contribution is 0.199. The summed E-state index contributed by atoms with van der Waals surface area (Å²) in [6.45, 7) is 4.05. The van der Waals surface area contributed by atoms with Crippen molar-refractivity contribution in [3.63, 3.8) is 0 Å². The number of aromatic nitrogens is 4. The molecule has 130 valence electrons. The van der Waals surface area contributed by atoms with Crippen molar-refractivity contribution < 1.29 is 9.90 Å².